The van der Waals surface area contributed by atoms with Gasteiger partial charge in [-0.05, 0) is 12.8 Å². The molecule has 1 aliphatic carbocycles. The van der Waals surface area contributed by atoms with Crippen LogP contribution in [0, 0.1) is 0 Å². The molecule has 8 nitrogen and oxygen atoms in total. The Kier molecular flexibility index (Phi) is 7.49. The van der Waals surface area contributed by atoms with Crippen LogP contribution in [-0.4, -0.2) is 79.1 Å². The first-order valence-corrected chi connectivity index (χ1v) is 10.0. The molecular weight excluding hydrogens is 350 g/mol. The third-order valence-electron chi connectivity index (χ3n) is 5.44. The Bertz CT molecular complexity index is 529. The Morgan fingerprint density at radius 3 is 2.52 bits per heavy atom. The number of rotatable bonds is 5. The maximum Gasteiger partial charge on any atom is 0.315 e. The number of urea groups is 1. The Hall–Kier alpha value is -1.64. The quantitative estimate of drug-likeness (QED) is 0.604. The van der Waals surface area contributed by atoms with Crippen molar-refractivity contribution in [1.82, 2.24) is 15.5 Å². The maximum absolute atomic E-state index is 12.4. The summed E-state index contributed by atoms with van der Waals surface area (Å²) < 4.78 is 11.1. The van der Waals surface area contributed by atoms with Crippen LogP contribution in [0.3, 0.4) is 0 Å². The normalized spacial score (nSPS) is 29.4. The minimum atomic E-state index is -0.561. The molecule has 2 heterocycles. The van der Waals surface area contributed by atoms with Crippen molar-refractivity contribution in [3.05, 3.63) is 12.2 Å². The van der Waals surface area contributed by atoms with Crippen molar-refractivity contribution in [1.29, 1.82) is 0 Å². The predicted octanol–water partition coefficient (Wildman–Crippen LogP) is 0.552. The summed E-state index contributed by atoms with van der Waals surface area (Å²) >= 11 is 0. The van der Waals surface area contributed by atoms with E-state index in [1.165, 1.54) is 6.42 Å². The van der Waals surface area contributed by atoms with Gasteiger partial charge in [0.1, 0.15) is 6.10 Å². The minimum Gasteiger partial charge on any atom is -0.394 e. The highest BCUT2D eigenvalue weighted by Gasteiger charge is 2.30. The fourth-order valence-electron chi connectivity index (χ4n) is 3.88. The first-order chi connectivity index (χ1) is 13.2. The number of hydrogen-bond acceptors (Lipinski definition) is 5. The summed E-state index contributed by atoms with van der Waals surface area (Å²) in [5.41, 5.74) is 0. The fourth-order valence-corrected chi connectivity index (χ4v) is 3.88. The van der Waals surface area contributed by atoms with Crippen molar-refractivity contribution < 1.29 is 24.2 Å². The second kappa shape index (κ2) is 10.1. The molecule has 27 heavy (non-hydrogen) atoms. The number of aliphatic hydroxyl groups is 1. The molecule has 0 spiro atoms. The Morgan fingerprint density at radius 2 is 1.81 bits per heavy atom. The van der Waals surface area contributed by atoms with Crippen LogP contribution in [0.2, 0.25) is 0 Å². The van der Waals surface area contributed by atoms with Gasteiger partial charge < -0.3 is 30.1 Å². The summed E-state index contributed by atoms with van der Waals surface area (Å²) in [4.78, 5) is 26.4. The number of morpholine rings is 1. The number of amides is 3. The summed E-state index contributed by atoms with van der Waals surface area (Å²) in [5, 5.41) is 15.5. The van der Waals surface area contributed by atoms with Gasteiger partial charge in [0.25, 0.3) is 0 Å². The summed E-state index contributed by atoms with van der Waals surface area (Å²) in [6.07, 6.45) is 8.46. The van der Waals surface area contributed by atoms with Crippen molar-refractivity contribution in [3.63, 3.8) is 0 Å². The highest BCUT2D eigenvalue weighted by molar-refractivity contribution is 5.77. The highest BCUT2D eigenvalue weighted by Crippen LogP contribution is 2.19. The van der Waals surface area contributed by atoms with Gasteiger partial charge in [-0.3, -0.25) is 4.79 Å². The molecule has 1 saturated heterocycles. The molecule has 3 amide bonds. The average molecular weight is 381 g/mol. The molecule has 0 unspecified atom stereocenters. The van der Waals surface area contributed by atoms with Gasteiger partial charge in [0.05, 0.1) is 38.4 Å². The molecule has 3 aliphatic rings. The minimum absolute atomic E-state index is 0.0195. The number of aliphatic hydroxyl groups excluding tert-OH is 1. The third kappa shape index (κ3) is 5.92. The van der Waals surface area contributed by atoms with E-state index in [1.807, 2.05) is 6.08 Å². The second-order valence-corrected chi connectivity index (χ2v) is 7.46. The number of hydrogen-bond donors (Lipinski definition) is 3. The fraction of sp³-hybridized carbons (Fsp3) is 0.789. The summed E-state index contributed by atoms with van der Waals surface area (Å²) in [7, 11) is 0. The van der Waals surface area contributed by atoms with Gasteiger partial charge in [-0.25, -0.2) is 4.79 Å². The largest absolute Gasteiger partial charge is 0.394 e. The SMILES string of the molecule is O=C(NC1CCCCC1)N[C@@H]1C=C[C@@H](CC(=O)N2CCOCC2)O[C@@H]1CO. The third-order valence-corrected chi connectivity index (χ3v) is 5.44. The van der Waals surface area contributed by atoms with Crippen LogP contribution in [0.5, 0.6) is 0 Å². The van der Waals surface area contributed by atoms with E-state index in [4.69, 9.17) is 9.47 Å². The van der Waals surface area contributed by atoms with Crippen LogP contribution in [0.4, 0.5) is 4.79 Å². The van der Waals surface area contributed by atoms with Crippen LogP contribution in [0.25, 0.3) is 0 Å². The van der Waals surface area contributed by atoms with Crippen molar-refractivity contribution >= 4 is 11.9 Å². The molecule has 2 fully saturated rings. The van der Waals surface area contributed by atoms with Gasteiger partial charge in [-0.1, -0.05) is 31.4 Å². The molecule has 0 bridgehead atoms. The number of ether oxygens (including phenoxy) is 2. The van der Waals surface area contributed by atoms with Gasteiger partial charge >= 0.3 is 6.03 Å². The monoisotopic (exact) mass is 381 g/mol. The molecule has 0 aromatic heterocycles. The van der Waals surface area contributed by atoms with E-state index in [9.17, 15) is 14.7 Å². The van der Waals surface area contributed by atoms with Crippen LogP contribution in [-0.2, 0) is 14.3 Å². The van der Waals surface area contributed by atoms with E-state index >= 15 is 0 Å². The Balaban J connectivity index is 1.48. The molecule has 152 valence electrons. The van der Waals surface area contributed by atoms with E-state index in [0.29, 0.717) is 26.3 Å². The molecule has 0 aromatic rings. The lowest BCUT2D eigenvalue weighted by Crippen LogP contribution is -2.53. The van der Waals surface area contributed by atoms with Gasteiger partial charge in [-0.15, -0.1) is 0 Å². The summed E-state index contributed by atoms with van der Waals surface area (Å²) in [6, 6.07) is -0.423. The van der Waals surface area contributed by atoms with Crippen molar-refractivity contribution in [2.75, 3.05) is 32.9 Å². The standard InChI is InChI=1S/C19H31N3O5/c23-13-17-16(21-19(25)20-14-4-2-1-3-5-14)7-6-15(27-17)12-18(24)22-8-10-26-11-9-22/h6-7,14-17,23H,1-5,8-13H2,(H2,20,21,25)/t15-,16+,17+/m0/s1. The maximum atomic E-state index is 12.4. The molecule has 1 saturated carbocycles. The molecule has 3 N–H and O–H groups in total. The van der Waals surface area contributed by atoms with E-state index in [0.717, 1.165) is 25.7 Å². The van der Waals surface area contributed by atoms with E-state index in [2.05, 4.69) is 10.6 Å². The number of carbonyl (C=O) groups is 2. The first kappa shape index (κ1) is 20.1. The summed E-state index contributed by atoms with van der Waals surface area (Å²) in [6.45, 7) is 2.11. The Labute approximate surface area is 160 Å². The highest BCUT2D eigenvalue weighted by atomic mass is 16.5. The molecule has 3 atom stereocenters. The van der Waals surface area contributed by atoms with E-state index in [-0.39, 0.29) is 31.0 Å². The zero-order chi connectivity index (χ0) is 19.1. The number of carbonyl (C=O) groups excluding carboxylic acids is 2. The van der Waals surface area contributed by atoms with E-state index in [1.54, 1.807) is 11.0 Å². The molecule has 8 heteroatoms. The summed E-state index contributed by atoms with van der Waals surface area (Å²) in [5.74, 6) is 0.0195. The lowest BCUT2D eigenvalue weighted by molar-refractivity contribution is -0.139. The van der Waals surface area contributed by atoms with Gasteiger partial charge in [-0.2, -0.15) is 0 Å². The number of nitrogens with zero attached hydrogens (tertiary/aromatic N) is 1. The zero-order valence-corrected chi connectivity index (χ0v) is 15.8. The lowest BCUT2D eigenvalue weighted by atomic mass is 9.96. The van der Waals surface area contributed by atoms with Crippen molar-refractivity contribution in [2.45, 2.75) is 62.8 Å². The topological polar surface area (TPSA) is 100 Å². The second-order valence-electron chi connectivity index (χ2n) is 7.46. The molecule has 0 radical (unpaired) electrons. The molecular formula is C19H31N3O5. The lowest BCUT2D eigenvalue weighted by Gasteiger charge is -2.34. The Morgan fingerprint density at radius 1 is 1.07 bits per heavy atom. The average Bonchev–Trinajstić information content (AvgIpc) is 2.70. The van der Waals surface area contributed by atoms with Crippen molar-refractivity contribution in [3.8, 4) is 0 Å². The molecule has 3 rings (SSSR count). The van der Waals surface area contributed by atoms with Crippen molar-refractivity contribution in [2.24, 2.45) is 0 Å². The van der Waals surface area contributed by atoms with Crippen LogP contribution >= 0.6 is 0 Å². The zero-order valence-electron chi connectivity index (χ0n) is 15.8. The van der Waals surface area contributed by atoms with Crippen LogP contribution in [0.1, 0.15) is 38.5 Å². The van der Waals surface area contributed by atoms with E-state index < -0.39 is 18.2 Å². The first-order valence-electron chi connectivity index (χ1n) is 10.0. The smallest absolute Gasteiger partial charge is 0.315 e. The predicted molar refractivity (Wildman–Crippen MR) is 99.2 cm³/mol. The number of nitrogens with one attached hydrogen (secondary N) is 2. The van der Waals surface area contributed by atoms with Crippen LogP contribution in [0.15, 0.2) is 12.2 Å². The van der Waals surface area contributed by atoms with Gasteiger partial charge in [0.2, 0.25) is 5.91 Å². The van der Waals surface area contributed by atoms with Crippen LogP contribution < -0.4 is 10.6 Å². The van der Waals surface area contributed by atoms with Gasteiger partial charge in [0.15, 0.2) is 0 Å². The molecule has 2 aliphatic heterocycles. The van der Waals surface area contributed by atoms with Gasteiger partial charge in [0, 0.05) is 19.1 Å². The molecule has 0 aromatic carbocycles.